The van der Waals surface area contributed by atoms with Gasteiger partial charge in [0, 0.05) is 18.1 Å². The third-order valence-corrected chi connectivity index (χ3v) is 3.47. The standard InChI is InChI=1S/C14H15N3OS/c1-10-5-3-6-12(9-10)17-13(18)11(2)19-14-15-7-4-8-16-14/h3-9,11H,1-2H3,(H,17,18). The van der Waals surface area contributed by atoms with Crippen LogP contribution in [0.15, 0.2) is 47.9 Å². The van der Waals surface area contributed by atoms with Crippen molar-refractivity contribution >= 4 is 23.4 Å². The first kappa shape index (κ1) is 13.5. The van der Waals surface area contributed by atoms with Crippen molar-refractivity contribution in [2.75, 3.05) is 5.32 Å². The van der Waals surface area contributed by atoms with Crippen LogP contribution in [0.1, 0.15) is 12.5 Å². The first-order valence-corrected chi connectivity index (χ1v) is 6.84. The molecular formula is C14H15N3OS. The predicted molar refractivity (Wildman–Crippen MR) is 77.2 cm³/mol. The van der Waals surface area contributed by atoms with Crippen molar-refractivity contribution in [2.45, 2.75) is 24.3 Å². The minimum Gasteiger partial charge on any atom is -0.325 e. The van der Waals surface area contributed by atoms with Gasteiger partial charge in [0.2, 0.25) is 5.91 Å². The highest BCUT2D eigenvalue weighted by Gasteiger charge is 2.15. The number of nitrogens with zero attached hydrogens (tertiary/aromatic N) is 2. The molecule has 1 aromatic heterocycles. The van der Waals surface area contributed by atoms with Crippen LogP contribution in [0.4, 0.5) is 5.69 Å². The maximum absolute atomic E-state index is 12.0. The van der Waals surface area contributed by atoms with Crippen LogP contribution >= 0.6 is 11.8 Å². The maximum Gasteiger partial charge on any atom is 0.237 e. The zero-order valence-electron chi connectivity index (χ0n) is 10.8. The highest BCUT2D eigenvalue weighted by molar-refractivity contribution is 8.00. The van der Waals surface area contributed by atoms with Gasteiger partial charge in [-0.3, -0.25) is 4.79 Å². The quantitative estimate of drug-likeness (QED) is 0.687. The molecule has 0 aliphatic rings. The van der Waals surface area contributed by atoms with E-state index in [-0.39, 0.29) is 11.2 Å². The molecule has 0 fully saturated rings. The van der Waals surface area contributed by atoms with Gasteiger partial charge in [-0.2, -0.15) is 0 Å². The summed E-state index contributed by atoms with van der Waals surface area (Å²) in [4.78, 5) is 20.2. The molecule has 0 aliphatic heterocycles. The van der Waals surface area contributed by atoms with E-state index in [2.05, 4.69) is 15.3 Å². The fourth-order valence-corrected chi connectivity index (χ4v) is 2.25. The lowest BCUT2D eigenvalue weighted by molar-refractivity contribution is -0.115. The van der Waals surface area contributed by atoms with Crippen LogP contribution in [0.25, 0.3) is 0 Å². The fraction of sp³-hybridized carbons (Fsp3) is 0.214. The number of anilines is 1. The summed E-state index contributed by atoms with van der Waals surface area (Å²) in [7, 11) is 0. The van der Waals surface area contributed by atoms with E-state index >= 15 is 0 Å². The van der Waals surface area contributed by atoms with Crippen LogP contribution in [-0.2, 0) is 4.79 Å². The Kier molecular flexibility index (Phi) is 4.52. The topological polar surface area (TPSA) is 54.9 Å². The van der Waals surface area contributed by atoms with Gasteiger partial charge in [0.25, 0.3) is 0 Å². The van der Waals surface area contributed by atoms with Crippen molar-refractivity contribution in [1.29, 1.82) is 0 Å². The Labute approximate surface area is 116 Å². The normalized spacial score (nSPS) is 11.9. The van der Waals surface area contributed by atoms with Crippen molar-refractivity contribution in [3.05, 3.63) is 48.3 Å². The molecule has 1 heterocycles. The van der Waals surface area contributed by atoms with E-state index in [0.29, 0.717) is 5.16 Å². The van der Waals surface area contributed by atoms with E-state index in [9.17, 15) is 4.79 Å². The van der Waals surface area contributed by atoms with Crippen molar-refractivity contribution in [3.63, 3.8) is 0 Å². The largest absolute Gasteiger partial charge is 0.325 e. The molecule has 2 rings (SSSR count). The second kappa shape index (κ2) is 6.33. The van der Waals surface area contributed by atoms with E-state index in [1.807, 2.05) is 38.1 Å². The zero-order valence-corrected chi connectivity index (χ0v) is 11.6. The fourth-order valence-electron chi connectivity index (χ4n) is 1.52. The number of carbonyl (C=O) groups excluding carboxylic acids is 1. The Bertz CT molecular complexity index is 560. The number of hydrogen-bond acceptors (Lipinski definition) is 4. The number of hydrogen-bond donors (Lipinski definition) is 1. The summed E-state index contributed by atoms with van der Waals surface area (Å²) in [6.45, 7) is 3.83. The molecule has 1 atom stereocenters. The number of carbonyl (C=O) groups is 1. The number of rotatable bonds is 4. The van der Waals surface area contributed by atoms with Gasteiger partial charge in [-0.1, -0.05) is 23.9 Å². The zero-order chi connectivity index (χ0) is 13.7. The molecular weight excluding hydrogens is 258 g/mol. The van der Waals surface area contributed by atoms with Crippen molar-refractivity contribution < 1.29 is 4.79 Å². The van der Waals surface area contributed by atoms with E-state index < -0.39 is 0 Å². The van der Waals surface area contributed by atoms with Gasteiger partial charge in [0.1, 0.15) is 0 Å². The molecule has 0 saturated heterocycles. The summed E-state index contributed by atoms with van der Waals surface area (Å²) in [5, 5.41) is 3.25. The summed E-state index contributed by atoms with van der Waals surface area (Å²) in [5.74, 6) is -0.0527. The van der Waals surface area contributed by atoms with Crippen molar-refractivity contribution in [1.82, 2.24) is 9.97 Å². The highest BCUT2D eigenvalue weighted by Crippen LogP contribution is 2.20. The average molecular weight is 273 g/mol. The molecule has 19 heavy (non-hydrogen) atoms. The van der Waals surface area contributed by atoms with E-state index in [1.165, 1.54) is 11.8 Å². The molecule has 1 N–H and O–H groups in total. The van der Waals surface area contributed by atoms with Crippen LogP contribution in [0.5, 0.6) is 0 Å². The lowest BCUT2D eigenvalue weighted by Gasteiger charge is -2.11. The Balaban J connectivity index is 1.96. The van der Waals surface area contributed by atoms with Gasteiger partial charge >= 0.3 is 0 Å². The van der Waals surface area contributed by atoms with Gasteiger partial charge in [-0.15, -0.1) is 0 Å². The van der Waals surface area contributed by atoms with Crippen LogP contribution in [0.3, 0.4) is 0 Å². The summed E-state index contributed by atoms with van der Waals surface area (Å²) < 4.78 is 0. The van der Waals surface area contributed by atoms with Crippen LogP contribution < -0.4 is 5.32 Å². The van der Waals surface area contributed by atoms with Gasteiger partial charge in [-0.25, -0.2) is 9.97 Å². The third kappa shape index (κ3) is 4.06. The van der Waals surface area contributed by atoms with E-state index in [4.69, 9.17) is 0 Å². The summed E-state index contributed by atoms with van der Waals surface area (Å²) >= 11 is 1.34. The van der Waals surface area contributed by atoms with Crippen molar-refractivity contribution in [3.8, 4) is 0 Å². The number of benzene rings is 1. The molecule has 1 aromatic carbocycles. The molecule has 0 radical (unpaired) electrons. The molecule has 4 nitrogen and oxygen atoms in total. The molecule has 1 amide bonds. The Morgan fingerprint density at radius 1 is 1.26 bits per heavy atom. The smallest absolute Gasteiger partial charge is 0.237 e. The second-order valence-electron chi connectivity index (χ2n) is 4.15. The number of aryl methyl sites for hydroxylation is 1. The first-order chi connectivity index (χ1) is 9.15. The minimum absolute atomic E-state index is 0.0527. The van der Waals surface area contributed by atoms with Crippen molar-refractivity contribution in [2.24, 2.45) is 0 Å². The molecule has 0 bridgehead atoms. The molecule has 98 valence electrons. The number of aromatic nitrogens is 2. The summed E-state index contributed by atoms with van der Waals surface area (Å²) in [6, 6.07) is 9.48. The molecule has 0 saturated carbocycles. The van der Waals surface area contributed by atoms with Gasteiger partial charge in [0.05, 0.1) is 5.25 Å². The van der Waals surface area contributed by atoms with Crippen LogP contribution in [-0.4, -0.2) is 21.1 Å². The Hall–Kier alpha value is -1.88. The second-order valence-corrected chi connectivity index (χ2v) is 5.46. The Morgan fingerprint density at radius 3 is 2.68 bits per heavy atom. The van der Waals surface area contributed by atoms with Gasteiger partial charge < -0.3 is 5.32 Å². The number of amides is 1. The van der Waals surface area contributed by atoms with Gasteiger partial charge in [-0.05, 0) is 37.6 Å². The number of nitrogens with one attached hydrogen (secondary N) is 1. The SMILES string of the molecule is Cc1cccc(NC(=O)C(C)Sc2ncccn2)c1. The van der Waals surface area contributed by atoms with E-state index in [1.54, 1.807) is 18.5 Å². The minimum atomic E-state index is -0.247. The van der Waals surface area contributed by atoms with Crippen LogP contribution in [0, 0.1) is 6.92 Å². The Morgan fingerprint density at radius 2 is 2.00 bits per heavy atom. The number of thioether (sulfide) groups is 1. The molecule has 1 unspecified atom stereocenters. The predicted octanol–water partition coefficient (Wildman–Crippen LogP) is 2.90. The molecule has 0 spiro atoms. The summed E-state index contributed by atoms with van der Waals surface area (Å²) in [5.41, 5.74) is 1.93. The van der Waals surface area contributed by atoms with Crippen LogP contribution in [0.2, 0.25) is 0 Å². The maximum atomic E-state index is 12.0. The lowest BCUT2D eigenvalue weighted by atomic mass is 10.2. The monoisotopic (exact) mass is 273 g/mol. The molecule has 0 aliphatic carbocycles. The average Bonchev–Trinajstić information content (AvgIpc) is 2.40. The van der Waals surface area contributed by atoms with Gasteiger partial charge in [0.15, 0.2) is 5.16 Å². The lowest BCUT2D eigenvalue weighted by Crippen LogP contribution is -2.22. The van der Waals surface area contributed by atoms with E-state index in [0.717, 1.165) is 11.3 Å². The summed E-state index contributed by atoms with van der Waals surface area (Å²) in [6.07, 6.45) is 3.33. The first-order valence-electron chi connectivity index (χ1n) is 5.96. The molecule has 2 aromatic rings. The highest BCUT2D eigenvalue weighted by atomic mass is 32.2. The third-order valence-electron chi connectivity index (χ3n) is 2.48. The molecule has 5 heteroatoms.